The molecule has 103 heavy (non-hydrogen) atoms. The van der Waals surface area contributed by atoms with Crippen molar-refractivity contribution in [3.05, 3.63) is 376 Å². The van der Waals surface area contributed by atoms with Crippen molar-refractivity contribution in [3.63, 3.8) is 0 Å². The number of para-hydroxylation sites is 6. The lowest BCUT2D eigenvalue weighted by molar-refractivity contribution is 0.670. The highest BCUT2D eigenvalue weighted by molar-refractivity contribution is 7.00. The van der Waals surface area contributed by atoms with E-state index in [0.29, 0.717) is 0 Å². The number of nitrogens with zero attached hydrogens (tertiary/aromatic N) is 3. The van der Waals surface area contributed by atoms with Crippen LogP contribution in [0.25, 0.3) is 149 Å². The predicted octanol–water partition coefficient (Wildman–Crippen LogP) is 24.7. The highest BCUT2D eigenvalue weighted by Gasteiger charge is 2.46. The number of furan rings is 1. The monoisotopic (exact) mass is 1310 g/mol. The van der Waals surface area contributed by atoms with Gasteiger partial charge in [0.1, 0.15) is 11.2 Å². The van der Waals surface area contributed by atoms with Crippen LogP contribution in [0, 0.1) is 0 Å². The van der Waals surface area contributed by atoms with Gasteiger partial charge in [-0.15, -0.1) is 0 Å². The summed E-state index contributed by atoms with van der Waals surface area (Å²) in [6.07, 6.45) is 0. The number of hydrogen-bond acceptors (Lipinski definition) is 3. The summed E-state index contributed by atoms with van der Waals surface area (Å²) in [5, 5.41) is 9.40. The molecule has 0 unspecified atom stereocenters. The third-order valence-electron chi connectivity index (χ3n) is 21.8. The largest absolute Gasteiger partial charge is 0.455 e. The zero-order valence-corrected chi connectivity index (χ0v) is 56.1. The Labute approximate surface area is 597 Å². The molecule has 2 aromatic heterocycles. The molecule has 0 saturated heterocycles. The molecule has 19 aromatic rings. The average Bonchev–Trinajstić information content (AvgIpc) is 1.58. The quantitative estimate of drug-likeness (QED) is 0.101. The number of rotatable bonds is 10. The molecule has 0 radical (unpaired) electrons. The van der Waals surface area contributed by atoms with Crippen LogP contribution >= 0.6 is 0 Å². The maximum atomic E-state index is 6.99. The molecule has 0 bridgehead atoms. The Morgan fingerprint density at radius 3 is 1.05 bits per heavy atom. The van der Waals surface area contributed by atoms with Crippen molar-refractivity contribution in [2.45, 2.75) is 0 Å². The molecule has 17 aromatic carbocycles. The van der Waals surface area contributed by atoms with Gasteiger partial charge in [-0.25, -0.2) is 0 Å². The molecule has 2 aliphatic rings. The molecular weight excluding hydrogens is 1250 g/mol. The van der Waals surface area contributed by atoms with Crippen LogP contribution in [-0.4, -0.2) is 11.3 Å². The first-order valence-electron chi connectivity index (χ1n) is 35.6. The minimum Gasteiger partial charge on any atom is -0.455 e. The molecule has 0 N–H and O–H groups in total. The first-order chi connectivity index (χ1) is 51.2. The summed E-state index contributed by atoms with van der Waals surface area (Å²) in [6.45, 7) is -0.290. The molecule has 0 spiro atoms. The second-order valence-electron chi connectivity index (χ2n) is 27.3. The van der Waals surface area contributed by atoms with Crippen LogP contribution in [-0.2, 0) is 0 Å². The number of fused-ring (bicyclic) bond motifs is 12. The fourth-order valence-corrected chi connectivity index (χ4v) is 17.4. The van der Waals surface area contributed by atoms with E-state index in [-0.39, 0.29) is 6.71 Å². The second kappa shape index (κ2) is 23.6. The van der Waals surface area contributed by atoms with E-state index in [4.69, 9.17) is 4.42 Å². The first-order valence-corrected chi connectivity index (χ1v) is 35.6. The summed E-state index contributed by atoms with van der Waals surface area (Å²) in [6, 6.07) is 140. The lowest BCUT2D eigenvalue weighted by Crippen LogP contribution is -2.61. The van der Waals surface area contributed by atoms with Crippen molar-refractivity contribution in [2.75, 3.05) is 9.80 Å². The molecule has 21 rings (SSSR count). The van der Waals surface area contributed by atoms with Crippen molar-refractivity contribution in [2.24, 2.45) is 0 Å². The first kappa shape index (κ1) is 58.5. The zero-order chi connectivity index (χ0) is 67.6. The molecular formula is C98H62BN3O. The van der Waals surface area contributed by atoms with Gasteiger partial charge in [0.15, 0.2) is 0 Å². The van der Waals surface area contributed by atoms with Crippen LogP contribution in [0.3, 0.4) is 0 Å². The van der Waals surface area contributed by atoms with Gasteiger partial charge in [0.2, 0.25) is 0 Å². The van der Waals surface area contributed by atoms with Crippen molar-refractivity contribution >= 4 is 123 Å². The summed E-state index contributed by atoms with van der Waals surface area (Å²) in [5.41, 5.74) is 31.0. The highest BCUT2D eigenvalue weighted by atomic mass is 16.3. The maximum Gasteiger partial charge on any atom is 0.252 e. The average molecular weight is 1310 g/mol. The van der Waals surface area contributed by atoms with Gasteiger partial charge in [-0.05, 0) is 130 Å². The van der Waals surface area contributed by atoms with Crippen molar-refractivity contribution in [1.29, 1.82) is 0 Å². The highest BCUT2D eigenvalue weighted by Crippen LogP contribution is 2.55. The molecule has 0 fully saturated rings. The Morgan fingerprint density at radius 2 is 0.583 bits per heavy atom. The standard InChI is InChI=1S/C98H62BN3O/c1-6-29-63(30-7-1)71-46-26-47-72(64-31-8-2-9-32-64)96(71)101-88-59-68(75-50-28-51-83-78-41-22-25-54-92(78)103-98(75)83)55-57-84(88)99-85-58-56-69(94-81-44-18-16-42-79(81)93(67-37-14-5-15-38-67)80-43-17-19-45-82(80)94)60-89(85)102(97-73(65-33-10-3-11-34-65)48-27-49-74(97)66-35-12-4-13-36-66)91-62-70(61-90(101)95(91)99)100-86-52-23-20-39-76(86)77-40-21-24-53-87(77)100/h1-62H. The Hall–Kier alpha value is -13.5. The van der Waals surface area contributed by atoms with Crippen LogP contribution in [0.15, 0.2) is 381 Å². The predicted molar refractivity (Wildman–Crippen MR) is 435 cm³/mol. The van der Waals surface area contributed by atoms with Gasteiger partial charge in [0.25, 0.3) is 6.71 Å². The van der Waals surface area contributed by atoms with Gasteiger partial charge in [0.05, 0.1) is 28.1 Å². The van der Waals surface area contributed by atoms with Crippen LogP contribution in [0.4, 0.5) is 34.1 Å². The topological polar surface area (TPSA) is 24.6 Å². The van der Waals surface area contributed by atoms with Crippen LogP contribution in [0.2, 0.25) is 0 Å². The second-order valence-corrected chi connectivity index (χ2v) is 27.3. The lowest BCUT2D eigenvalue weighted by Gasteiger charge is -2.46. The number of aromatic nitrogens is 1. The minimum absolute atomic E-state index is 0.290. The molecule has 2 aliphatic heterocycles. The van der Waals surface area contributed by atoms with E-state index in [1.807, 2.05) is 0 Å². The zero-order valence-electron chi connectivity index (χ0n) is 56.1. The van der Waals surface area contributed by atoms with E-state index in [9.17, 15) is 0 Å². The number of benzene rings is 17. The van der Waals surface area contributed by atoms with Crippen molar-refractivity contribution < 1.29 is 4.42 Å². The summed E-state index contributed by atoms with van der Waals surface area (Å²) >= 11 is 0. The van der Waals surface area contributed by atoms with Crippen LogP contribution in [0.1, 0.15) is 0 Å². The molecule has 4 heterocycles. The Kier molecular flexibility index (Phi) is 13.4. The third-order valence-corrected chi connectivity index (χ3v) is 21.8. The molecule has 0 atom stereocenters. The SMILES string of the molecule is c1ccc(-c2cccc(-c3ccccc3)c2N2c3cc(-c4c5ccccc5c(-c5ccccc5)c5ccccc45)ccc3B3c4ccc(-c5cccc6c5oc5ccccc56)cc4N(c4c(-c5ccccc5)cccc4-c4ccccc4)c4cc(-n5c6ccccc6c6ccccc65)cc2c43)cc1. The maximum absolute atomic E-state index is 6.99. The van der Waals surface area contributed by atoms with E-state index >= 15 is 0 Å². The minimum atomic E-state index is -0.290. The summed E-state index contributed by atoms with van der Waals surface area (Å²) in [7, 11) is 0. The van der Waals surface area contributed by atoms with Gasteiger partial charge >= 0.3 is 0 Å². The number of hydrogen-bond donors (Lipinski definition) is 0. The van der Waals surface area contributed by atoms with E-state index in [2.05, 4.69) is 390 Å². The van der Waals surface area contributed by atoms with E-state index in [1.54, 1.807) is 0 Å². The normalized spacial score (nSPS) is 12.4. The Bertz CT molecular complexity index is 6400. The van der Waals surface area contributed by atoms with Gasteiger partial charge in [-0.1, -0.05) is 334 Å². The molecule has 4 nitrogen and oxygen atoms in total. The van der Waals surface area contributed by atoms with E-state index in [0.717, 1.165) is 134 Å². The lowest BCUT2D eigenvalue weighted by atomic mass is 9.33. The van der Waals surface area contributed by atoms with E-state index in [1.165, 1.54) is 65.4 Å². The molecule has 5 heteroatoms. The van der Waals surface area contributed by atoms with Gasteiger partial charge < -0.3 is 18.8 Å². The van der Waals surface area contributed by atoms with E-state index < -0.39 is 0 Å². The van der Waals surface area contributed by atoms with Crippen molar-refractivity contribution in [3.8, 4) is 83.6 Å². The molecule has 0 amide bonds. The van der Waals surface area contributed by atoms with Gasteiger partial charge in [-0.2, -0.15) is 0 Å². The summed E-state index contributed by atoms with van der Waals surface area (Å²) in [4.78, 5) is 5.36. The Morgan fingerprint density at radius 1 is 0.233 bits per heavy atom. The summed E-state index contributed by atoms with van der Waals surface area (Å²) < 4.78 is 9.52. The van der Waals surface area contributed by atoms with Gasteiger partial charge in [-0.3, -0.25) is 0 Å². The third kappa shape index (κ3) is 9.12. The molecule has 0 aliphatic carbocycles. The fourth-order valence-electron chi connectivity index (χ4n) is 17.4. The number of anilines is 6. The smallest absolute Gasteiger partial charge is 0.252 e. The molecule has 0 saturated carbocycles. The van der Waals surface area contributed by atoms with Gasteiger partial charge in [0, 0.05) is 72.1 Å². The summed E-state index contributed by atoms with van der Waals surface area (Å²) in [5.74, 6) is 0. The fraction of sp³-hybridized carbons (Fsp3) is 0. The van der Waals surface area contributed by atoms with Crippen LogP contribution < -0.4 is 26.2 Å². The Balaban J connectivity index is 0.952. The van der Waals surface area contributed by atoms with Crippen LogP contribution in [0.5, 0.6) is 0 Å². The van der Waals surface area contributed by atoms with Crippen molar-refractivity contribution in [1.82, 2.24) is 4.57 Å². The molecule has 478 valence electrons.